The molecule has 0 atom stereocenters. The molecule has 2 aromatic rings. The zero-order chi connectivity index (χ0) is 20.4. The van der Waals surface area contributed by atoms with Gasteiger partial charge in [-0.05, 0) is 42.4 Å². The van der Waals surface area contributed by atoms with E-state index in [-0.39, 0.29) is 5.91 Å². The maximum absolute atomic E-state index is 12.8. The van der Waals surface area contributed by atoms with E-state index in [9.17, 15) is 4.79 Å². The Bertz CT molecular complexity index is 783. The summed E-state index contributed by atoms with van der Waals surface area (Å²) in [5.41, 5.74) is 1.60. The molecule has 0 saturated carbocycles. The molecule has 2 rings (SSSR count). The summed E-state index contributed by atoms with van der Waals surface area (Å²) >= 11 is 8.83. The number of rotatable bonds is 9. The smallest absolute Gasteiger partial charge is 0.261 e. The molecular formula is C22H27BrN2O2S. The van der Waals surface area contributed by atoms with Crippen LogP contribution < -0.4 is 10.1 Å². The van der Waals surface area contributed by atoms with Gasteiger partial charge in [-0.25, -0.2) is 0 Å². The van der Waals surface area contributed by atoms with Crippen LogP contribution in [-0.2, 0) is 6.54 Å². The summed E-state index contributed by atoms with van der Waals surface area (Å²) in [6.07, 6.45) is 4.48. The second-order valence-corrected chi connectivity index (χ2v) is 7.95. The van der Waals surface area contributed by atoms with Gasteiger partial charge in [0.05, 0.1) is 12.2 Å². The first kappa shape index (κ1) is 22.4. The van der Waals surface area contributed by atoms with E-state index in [1.54, 1.807) is 6.07 Å². The van der Waals surface area contributed by atoms with Gasteiger partial charge in [-0.2, -0.15) is 0 Å². The Labute approximate surface area is 181 Å². The van der Waals surface area contributed by atoms with E-state index < -0.39 is 0 Å². The number of ether oxygens (including phenoxy) is 1. The monoisotopic (exact) mass is 462 g/mol. The van der Waals surface area contributed by atoms with Gasteiger partial charge in [0.2, 0.25) is 0 Å². The lowest BCUT2D eigenvalue weighted by Gasteiger charge is -2.21. The van der Waals surface area contributed by atoms with Gasteiger partial charge < -0.3 is 9.64 Å². The first-order valence-corrected chi connectivity index (χ1v) is 10.7. The van der Waals surface area contributed by atoms with Crippen molar-refractivity contribution in [3.05, 3.63) is 64.1 Å². The highest BCUT2D eigenvalue weighted by atomic mass is 79.9. The maximum Gasteiger partial charge on any atom is 0.261 e. The Kier molecular flexibility index (Phi) is 9.44. The van der Waals surface area contributed by atoms with Crippen LogP contribution >= 0.6 is 28.1 Å². The van der Waals surface area contributed by atoms with E-state index in [1.165, 1.54) is 12.8 Å². The van der Waals surface area contributed by atoms with Crippen LogP contribution in [-0.4, -0.2) is 29.6 Å². The largest absolute Gasteiger partial charge is 0.493 e. The summed E-state index contributed by atoms with van der Waals surface area (Å²) in [6.45, 7) is 3.40. The second kappa shape index (κ2) is 11.8. The first-order valence-electron chi connectivity index (χ1n) is 9.54. The second-order valence-electron chi connectivity index (χ2n) is 6.65. The molecule has 0 aromatic heterocycles. The third-order valence-electron chi connectivity index (χ3n) is 4.27. The molecule has 6 heteroatoms. The predicted molar refractivity (Wildman–Crippen MR) is 122 cm³/mol. The van der Waals surface area contributed by atoms with Gasteiger partial charge in [-0.15, -0.1) is 0 Å². The topological polar surface area (TPSA) is 41.6 Å². The van der Waals surface area contributed by atoms with Crippen molar-refractivity contribution in [1.82, 2.24) is 10.2 Å². The number of nitrogens with zero attached hydrogens (tertiary/aromatic N) is 1. The molecule has 0 aliphatic rings. The molecule has 0 radical (unpaired) electrons. The van der Waals surface area contributed by atoms with Crippen LogP contribution in [0.15, 0.2) is 53.0 Å². The molecule has 4 nitrogen and oxygen atoms in total. The summed E-state index contributed by atoms with van der Waals surface area (Å²) in [7, 11) is 1.86. The highest BCUT2D eigenvalue weighted by molar-refractivity contribution is 9.10. The zero-order valence-corrected chi connectivity index (χ0v) is 18.8. The van der Waals surface area contributed by atoms with Gasteiger partial charge in [0.15, 0.2) is 5.11 Å². The van der Waals surface area contributed by atoms with Gasteiger partial charge in [0.1, 0.15) is 5.75 Å². The molecule has 0 fully saturated rings. The number of unbranched alkanes of at least 4 members (excludes halogenated alkanes) is 3. The minimum atomic E-state index is -0.269. The molecule has 0 spiro atoms. The Morgan fingerprint density at radius 1 is 1.14 bits per heavy atom. The van der Waals surface area contributed by atoms with Crippen molar-refractivity contribution >= 4 is 39.2 Å². The van der Waals surface area contributed by atoms with E-state index in [4.69, 9.17) is 17.0 Å². The molecule has 0 unspecified atom stereocenters. The highest BCUT2D eigenvalue weighted by Crippen LogP contribution is 2.24. The number of benzene rings is 2. The minimum absolute atomic E-state index is 0.269. The van der Waals surface area contributed by atoms with Crippen LogP contribution in [0.1, 0.15) is 48.5 Å². The van der Waals surface area contributed by atoms with Gasteiger partial charge in [0.25, 0.3) is 5.91 Å². The van der Waals surface area contributed by atoms with Crippen molar-refractivity contribution in [1.29, 1.82) is 0 Å². The van der Waals surface area contributed by atoms with Crippen LogP contribution in [0.25, 0.3) is 0 Å². The predicted octanol–water partition coefficient (Wildman–Crippen LogP) is 5.55. The molecule has 0 aliphatic heterocycles. The third kappa shape index (κ3) is 7.24. The van der Waals surface area contributed by atoms with Crippen LogP contribution in [0.4, 0.5) is 0 Å². The number of hydrogen-bond acceptors (Lipinski definition) is 3. The summed E-state index contributed by atoms with van der Waals surface area (Å²) in [6, 6.07) is 15.4. The van der Waals surface area contributed by atoms with Crippen LogP contribution in [0.3, 0.4) is 0 Å². The average molecular weight is 463 g/mol. The molecule has 28 heavy (non-hydrogen) atoms. The molecule has 0 aliphatic carbocycles. The lowest BCUT2D eigenvalue weighted by Crippen LogP contribution is -2.40. The Balaban J connectivity index is 1.98. The van der Waals surface area contributed by atoms with Crippen LogP contribution in [0.5, 0.6) is 5.75 Å². The van der Waals surface area contributed by atoms with Crippen molar-refractivity contribution in [2.24, 2.45) is 0 Å². The molecule has 0 heterocycles. The first-order chi connectivity index (χ1) is 13.5. The van der Waals surface area contributed by atoms with Crippen LogP contribution in [0.2, 0.25) is 0 Å². The third-order valence-corrected chi connectivity index (χ3v) is 5.18. The van der Waals surface area contributed by atoms with Crippen molar-refractivity contribution in [2.75, 3.05) is 13.7 Å². The Hall–Kier alpha value is -1.92. The van der Waals surface area contributed by atoms with Crippen LogP contribution in [0, 0.1) is 0 Å². The van der Waals surface area contributed by atoms with E-state index in [2.05, 4.69) is 28.2 Å². The normalized spacial score (nSPS) is 10.4. The highest BCUT2D eigenvalue weighted by Gasteiger charge is 2.16. The molecular weight excluding hydrogens is 436 g/mol. The summed E-state index contributed by atoms with van der Waals surface area (Å²) in [4.78, 5) is 14.6. The van der Waals surface area contributed by atoms with Crippen molar-refractivity contribution in [2.45, 2.75) is 39.2 Å². The number of hydrogen-bond donors (Lipinski definition) is 1. The minimum Gasteiger partial charge on any atom is -0.493 e. The van der Waals surface area contributed by atoms with E-state index in [0.29, 0.717) is 29.6 Å². The number of nitrogens with one attached hydrogen (secondary N) is 1. The molecule has 1 N–H and O–H groups in total. The summed E-state index contributed by atoms with van der Waals surface area (Å²) < 4.78 is 6.68. The fourth-order valence-corrected chi connectivity index (χ4v) is 3.22. The van der Waals surface area contributed by atoms with E-state index >= 15 is 0 Å². The van der Waals surface area contributed by atoms with Gasteiger partial charge in [-0.1, -0.05) is 72.4 Å². The fourth-order valence-electron chi connectivity index (χ4n) is 2.71. The number of thiocarbonyl (C=S) groups is 1. The summed E-state index contributed by atoms with van der Waals surface area (Å²) in [5, 5.41) is 3.19. The van der Waals surface area contributed by atoms with Gasteiger partial charge in [-0.3, -0.25) is 10.1 Å². The van der Waals surface area contributed by atoms with Gasteiger partial charge in [0, 0.05) is 18.1 Å². The lowest BCUT2D eigenvalue weighted by atomic mass is 10.2. The van der Waals surface area contributed by atoms with E-state index in [1.807, 2.05) is 54.4 Å². The Morgan fingerprint density at radius 3 is 2.61 bits per heavy atom. The maximum atomic E-state index is 12.8. The summed E-state index contributed by atoms with van der Waals surface area (Å²) in [5.74, 6) is 0.306. The van der Waals surface area contributed by atoms with Gasteiger partial charge >= 0.3 is 0 Å². The molecule has 1 amide bonds. The quantitative estimate of drug-likeness (QED) is 0.391. The Morgan fingerprint density at radius 2 is 1.89 bits per heavy atom. The number of carbonyl (C=O) groups is 1. The zero-order valence-electron chi connectivity index (χ0n) is 16.4. The number of carbonyl (C=O) groups excluding carboxylic acids is 1. The number of amides is 1. The van der Waals surface area contributed by atoms with Crippen molar-refractivity contribution < 1.29 is 9.53 Å². The van der Waals surface area contributed by atoms with E-state index in [0.717, 1.165) is 22.9 Å². The fraction of sp³-hybridized carbons (Fsp3) is 0.364. The van der Waals surface area contributed by atoms with Crippen molar-refractivity contribution in [3.63, 3.8) is 0 Å². The molecule has 0 bridgehead atoms. The SMILES string of the molecule is CCCCCCOc1ccc(Br)cc1C(=O)NC(=S)N(C)Cc1ccccc1. The average Bonchev–Trinajstić information content (AvgIpc) is 2.69. The molecule has 150 valence electrons. The lowest BCUT2D eigenvalue weighted by molar-refractivity contribution is 0.0969. The standard InChI is InChI=1S/C22H27BrN2O2S/c1-3-4-5-9-14-27-20-13-12-18(23)15-19(20)21(26)24-22(28)25(2)16-17-10-7-6-8-11-17/h6-8,10-13,15H,3-5,9,14,16H2,1-2H3,(H,24,26,28). The molecule has 2 aromatic carbocycles. The molecule has 0 saturated heterocycles. The number of halogens is 1. The van der Waals surface area contributed by atoms with Crippen molar-refractivity contribution in [3.8, 4) is 5.75 Å².